The van der Waals surface area contributed by atoms with Crippen molar-refractivity contribution >= 4 is 11.3 Å². The fraction of sp³-hybridized carbons (Fsp3) is 0.375. The molecule has 2 aromatic rings. The Balaban J connectivity index is 2.33. The van der Waals surface area contributed by atoms with E-state index < -0.39 is 0 Å². The molecule has 0 aliphatic heterocycles. The highest BCUT2D eigenvalue weighted by molar-refractivity contribution is 7.09. The Labute approximate surface area is 85.0 Å². The molecule has 0 aromatic carbocycles. The molecule has 2 N–H and O–H groups in total. The molecule has 1 unspecified atom stereocenters. The zero-order valence-electron chi connectivity index (χ0n) is 7.89. The topological polar surface area (TPSA) is 77.8 Å². The van der Waals surface area contributed by atoms with Crippen molar-refractivity contribution in [1.82, 2.24) is 15.2 Å². The predicted octanol–water partition coefficient (Wildman–Crippen LogP) is 1.52. The summed E-state index contributed by atoms with van der Waals surface area (Å²) in [5, 5.41) is 10.5. The molecule has 0 radical (unpaired) electrons. The molecular formula is C8H10N4OS. The van der Waals surface area contributed by atoms with Crippen molar-refractivity contribution in [2.24, 2.45) is 5.73 Å². The van der Waals surface area contributed by atoms with E-state index in [2.05, 4.69) is 15.2 Å². The normalized spacial score (nSPS) is 13.1. The van der Waals surface area contributed by atoms with Gasteiger partial charge in [0.1, 0.15) is 5.69 Å². The average molecular weight is 210 g/mol. The molecule has 2 heterocycles. The van der Waals surface area contributed by atoms with Crippen LogP contribution in [0.15, 0.2) is 9.80 Å². The van der Waals surface area contributed by atoms with Gasteiger partial charge in [-0.3, -0.25) is 0 Å². The smallest absolute Gasteiger partial charge is 0.267 e. The molecule has 2 aromatic heterocycles. The summed E-state index contributed by atoms with van der Waals surface area (Å²) in [6.45, 7) is 3.72. The Bertz CT molecular complexity index is 434. The van der Waals surface area contributed by atoms with Crippen molar-refractivity contribution in [2.45, 2.75) is 19.9 Å². The highest BCUT2D eigenvalue weighted by atomic mass is 32.1. The lowest BCUT2D eigenvalue weighted by Gasteiger charge is -1.93. The molecule has 2 rings (SSSR count). The zero-order chi connectivity index (χ0) is 10.1. The van der Waals surface area contributed by atoms with Crippen LogP contribution in [0.4, 0.5) is 0 Å². The summed E-state index contributed by atoms with van der Waals surface area (Å²) in [7, 11) is 0. The van der Waals surface area contributed by atoms with Gasteiger partial charge >= 0.3 is 0 Å². The number of nitrogens with zero attached hydrogens (tertiary/aromatic N) is 3. The minimum Gasteiger partial charge on any atom is -0.418 e. The lowest BCUT2D eigenvalue weighted by atomic mass is 10.4. The number of hydrogen-bond acceptors (Lipinski definition) is 6. The summed E-state index contributed by atoms with van der Waals surface area (Å²) in [6, 6.07) is -0.240. The molecule has 0 amide bonds. The molecule has 0 aliphatic carbocycles. The standard InChI is InChI=1S/C8H10N4OS/c1-4(9)7-11-12-8(13-7)6-3-14-5(2)10-6/h3-4H,9H2,1-2H3. The van der Waals surface area contributed by atoms with E-state index in [1.54, 1.807) is 18.3 Å². The fourth-order valence-corrected chi connectivity index (χ4v) is 1.57. The molecular weight excluding hydrogens is 200 g/mol. The SMILES string of the molecule is Cc1nc(-c2nnc(C(C)N)o2)cs1. The number of aromatic nitrogens is 3. The quantitative estimate of drug-likeness (QED) is 0.813. The van der Waals surface area contributed by atoms with Crippen molar-refractivity contribution < 1.29 is 4.42 Å². The Hall–Kier alpha value is -1.27. The summed E-state index contributed by atoms with van der Waals surface area (Å²) in [4.78, 5) is 4.24. The van der Waals surface area contributed by atoms with Crippen molar-refractivity contribution in [3.05, 3.63) is 16.3 Å². The number of thiazole rings is 1. The third kappa shape index (κ3) is 1.66. The van der Waals surface area contributed by atoms with E-state index in [0.717, 1.165) is 5.01 Å². The van der Waals surface area contributed by atoms with Crippen LogP contribution in [0, 0.1) is 6.92 Å². The minimum absolute atomic E-state index is 0.240. The molecule has 0 aliphatic rings. The van der Waals surface area contributed by atoms with Crippen LogP contribution in [-0.2, 0) is 0 Å². The first kappa shape index (κ1) is 9.29. The largest absolute Gasteiger partial charge is 0.418 e. The van der Waals surface area contributed by atoms with Gasteiger partial charge in [0.25, 0.3) is 5.89 Å². The van der Waals surface area contributed by atoms with Gasteiger partial charge in [-0.2, -0.15) is 0 Å². The first-order valence-corrected chi connectivity index (χ1v) is 5.06. The van der Waals surface area contributed by atoms with Gasteiger partial charge < -0.3 is 10.2 Å². The van der Waals surface area contributed by atoms with E-state index in [9.17, 15) is 0 Å². The zero-order valence-corrected chi connectivity index (χ0v) is 8.71. The van der Waals surface area contributed by atoms with Gasteiger partial charge in [0, 0.05) is 5.38 Å². The molecule has 6 heteroatoms. The first-order chi connectivity index (χ1) is 6.66. The monoisotopic (exact) mass is 210 g/mol. The van der Waals surface area contributed by atoms with E-state index in [1.807, 2.05) is 12.3 Å². The minimum atomic E-state index is -0.240. The Morgan fingerprint density at radius 3 is 2.79 bits per heavy atom. The maximum absolute atomic E-state index is 5.60. The number of nitrogens with two attached hydrogens (primary N) is 1. The first-order valence-electron chi connectivity index (χ1n) is 4.18. The molecule has 5 nitrogen and oxygen atoms in total. The number of hydrogen-bond donors (Lipinski definition) is 1. The van der Waals surface area contributed by atoms with Gasteiger partial charge in [-0.1, -0.05) is 0 Å². The van der Waals surface area contributed by atoms with Gasteiger partial charge in [-0.05, 0) is 13.8 Å². The maximum atomic E-state index is 5.60. The van der Waals surface area contributed by atoms with Crippen molar-refractivity contribution in [1.29, 1.82) is 0 Å². The molecule has 0 bridgehead atoms. The van der Waals surface area contributed by atoms with Gasteiger partial charge in [0.2, 0.25) is 5.89 Å². The lowest BCUT2D eigenvalue weighted by Crippen LogP contribution is -2.04. The molecule has 0 saturated carbocycles. The predicted molar refractivity (Wildman–Crippen MR) is 52.7 cm³/mol. The van der Waals surface area contributed by atoms with Crippen molar-refractivity contribution in [2.75, 3.05) is 0 Å². The van der Waals surface area contributed by atoms with Gasteiger partial charge in [0.05, 0.1) is 11.0 Å². The average Bonchev–Trinajstić information content (AvgIpc) is 2.70. The van der Waals surface area contributed by atoms with E-state index in [1.165, 1.54) is 0 Å². The van der Waals surface area contributed by atoms with Crippen LogP contribution in [-0.4, -0.2) is 15.2 Å². The van der Waals surface area contributed by atoms with Crippen LogP contribution in [0.3, 0.4) is 0 Å². The summed E-state index contributed by atoms with van der Waals surface area (Å²) in [6.07, 6.45) is 0. The molecule has 14 heavy (non-hydrogen) atoms. The highest BCUT2D eigenvalue weighted by Gasteiger charge is 2.13. The lowest BCUT2D eigenvalue weighted by molar-refractivity contribution is 0.472. The summed E-state index contributed by atoms with van der Waals surface area (Å²) < 4.78 is 5.34. The van der Waals surface area contributed by atoms with Crippen LogP contribution < -0.4 is 5.73 Å². The van der Waals surface area contributed by atoms with Gasteiger partial charge in [-0.15, -0.1) is 21.5 Å². The Morgan fingerprint density at radius 1 is 1.50 bits per heavy atom. The second-order valence-corrected chi connectivity index (χ2v) is 4.05. The summed E-state index contributed by atoms with van der Waals surface area (Å²) in [5.41, 5.74) is 6.31. The van der Waals surface area contributed by atoms with Gasteiger partial charge in [0.15, 0.2) is 0 Å². The second kappa shape index (κ2) is 3.47. The molecule has 0 saturated heterocycles. The summed E-state index contributed by atoms with van der Waals surface area (Å²) in [5.74, 6) is 0.868. The van der Waals surface area contributed by atoms with Crippen LogP contribution in [0.1, 0.15) is 23.9 Å². The van der Waals surface area contributed by atoms with Crippen LogP contribution in [0.25, 0.3) is 11.6 Å². The molecule has 0 fully saturated rings. The molecule has 0 spiro atoms. The maximum Gasteiger partial charge on any atom is 0.267 e. The second-order valence-electron chi connectivity index (χ2n) is 2.99. The summed E-state index contributed by atoms with van der Waals surface area (Å²) >= 11 is 1.55. The number of rotatable bonds is 2. The Morgan fingerprint density at radius 2 is 2.29 bits per heavy atom. The van der Waals surface area contributed by atoms with Crippen LogP contribution >= 0.6 is 11.3 Å². The van der Waals surface area contributed by atoms with E-state index in [4.69, 9.17) is 10.2 Å². The van der Waals surface area contributed by atoms with Crippen molar-refractivity contribution in [3.63, 3.8) is 0 Å². The van der Waals surface area contributed by atoms with Crippen LogP contribution in [0.2, 0.25) is 0 Å². The third-order valence-corrected chi connectivity index (χ3v) is 2.44. The number of aryl methyl sites for hydroxylation is 1. The fourth-order valence-electron chi connectivity index (χ4n) is 0.984. The van der Waals surface area contributed by atoms with Gasteiger partial charge in [-0.25, -0.2) is 4.98 Å². The third-order valence-electron chi connectivity index (χ3n) is 1.67. The Kier molecular flexibility index (Phi) is 2.30. The highest BCUT2D eigenvalue weighted by Crippen LogP contribution is 2.21. The van der Waals surface area contributed by atoms with Crippen molar-refractivity contribution in [3.8, 4) is 11.6 Å². The van der Waals surface area contributed by atoms with E-state index in [0.29, 0.717) is 17.5 Å². The van der Waals surface area contributed by atoms with Crippen LogP contribution in [0.5, 0.6) is 0 Å². The van der Waals surface area contributed by atoms with E-state index in [-0.39, 0.29) is 6.04 Å². The van der Waals surface area contributed by atoms with E-state index >= 15 is 0 Å². The molecule has 74 valence electrons. The molecule has 1 atom stereocenters.